The van der Waals surface area contributed by atoms with Crippen molar-refractivity contribution in [1.29, 1.82) is 0 Å². The maximum atomic E-state index is 12.0. The van der Waals surface area contributed by atoms with Gasteiger partial charge in [0, 0.05) is 12.3 Å². The summed E-state index contributed by atoms with van der Waals surface area (Å²) < 4.78 is 7.01. The van der Waals surface area contributed by atoms with Gasteiger partial charge in [0.25, 0.3) is 5.56 Å². The standard InChI is InChI=1S/C17H21NO2/c1-4-20-16-9-10-18(17(19)11-16)12-14-5-7-15(8-6-14)13(2)3/h5-11,13H,4,12H2,1-3H3. The Bertz CT molecular complexity index is 612. The second-order valence-electron chi connectivity index (χ2n) is 5.16. The zero-order valence-corrected chi connectivity index (χ0v) is 12.3. The molecule has 1 aromatic carbocycles. The molecular weight excluding hydrogens is 250 g/mol. The molecule has 0 aliphatic carbocycles. The van der Waals surface area contributed by atoms with Gasteiger partial charge in [0.2, 0.25) is 0 Å². The van der Waals surface area contributed by atoms with Crippen molar-refractivity contribution in [2.24, 2.45) is 0 Å². The fourth-order valence-electron chi connectivity index (χ4n) is 2.08. The van der Waals surface area contributed by atoms with E-state index in [1.54, 1.807) is 10.8 Å². The Labute approximate surface area is 119 Å². The van der Waals surface area contributed by atoms with Gasteiger partial charge in [0.1, 0.15) is 5.75 Å². The molecule has 0 fully saturated rings. The highest BCUT2D eigenvalue weighted by Crippen LogP contribution is 2.15. The van der Waals surface area contributed by atoms with Crippen molar-refractivity contribution in [3.8, 4) is 5.75 Å². The Morgan fingerprint density at radius 2 is 1.85 bits per heavy atom. The van der Waals surface area contributed by atoms with E-state index in [9.17, 15) is 4.79 Å². The van der Waals surface area contributed by atoms with Crippen LogP contribution in [0.3, 0.4) is 0 Å². The van der Waals surface area contributed by atoms with Crippen LogP contribution in [-0.4, -0.2) is 11.2 Å². The summed E-state index contributed by atoms with van der Waals surface area (Å²) in [7, 11) is 0. The predicted octanol–water partition coefficient (Wildman–Crippen LogP) is 3.42. The van der Waals surface area contributed by atoms with Crippen LogP contribution in [0.1, 0.15) is 37.8 Å². The van der Waals surface area contributed by atoms with Crippen molar-refractivity contribution in [2.75, 3.05) is 6.61 Å². The fourth-order valence-corrected chi connectivity index (χ4v) is 2.08. The number of aromatic nitrogens is 1. The molecule has 0 atom stereocenters. The molecule has 0 aliphatic rings. The first-order valence-electron chi connectivity index (χ1n) is 7.02. The van der Waals surface area contributed by atoms with E-state index < -0.39 is 0 Å². The van der Waals surface area contributed by atoms with Crippen LogP contribution in [0.15, 0.2) is 47.4 Å². The monoisotopic (exact) mass is 271 g/mol. The van der Waals surface area contributed by atoms with Crippen molar-refractivity contribution in [2.45, 2.75) is 33.2 Å². The van der Waals surface area contributed by atoms with Crippen molar-refractivity contribution in [3.05, 3.63) is 64.1 Å². The van der Waals surface area contributed by atoms with Crippen LogP contribution in [-0.2, 0) is 6.54 Å². The molecule has 3 heteroatoms. The van der Waals surface area contributed by atoms with Gasteiger partial charge in [-0.25, -0.2) is 0 Å². The van der Waals surface area contributed by atoms with Gasteiger partial charge < -0.3 is 9.30 Å². The highest BCUT2D eigenvalue weighted by Gasteiger charge is 2.02. The van der Waals surface area contributed by atoms with Gasteiger partial charge in [-0.2, -0.15) is 0 Å². The van der Waals surface area contributed by atoms with E-state index in [2.05, 4.69) is 38.1 Å². The van der Waals surface area contributed by atoms with Crippen LogP contribution in [0.4, 0.5) is 0 Å². The first kappa shape index (κ1) is 14.4. The molecule has 0 aliphatic heterocycles. The Kier molecular flexibility index (Phi) is 4.61. The van der Waals surface area contributed by atoms with Gasteiger partial charge in [-0.15, -0.1) is 0 Å². The van der Waals surface area contributed by atoms with Gasteiger partial charge in [-0.3, -0.25) is 4.79 Å². The Hall–Kier alpha value is -2.03. The lowest BCUT2D eigenvalue weighted by atomic mass is 10.0. The molecule has 106 valence electrons. The number of hydrogen-bond donors (Lipinski definition) is 0. The van der Waals surface area contributed by atoms with E-state index in [0.717, 1.165) is 5.56 Å². The highest BCUT2D eigenvalue weighted by molar-refractivity contribution is 5.25. The topological polar surface area (TPSA) is 31.2 Å². The maximum absolute atomic E-state index is 12.0. The van der Waals surface area contributed by atoms with Gasteiger partial charge in [-0.05, 0) is 30.0 Å². The Morgan fingerprint density at radius 1 is 1.15 bits per heavy atom. The van der Waals surface area contributed by atoms with Crippen molar-refractivity contribution < 1.29 is 4.74 Å². The molecule has 0 N–H and O–H groups in total. The molecule has 0 unspecified atom stereocenters. The minimum absolute atomic E-state index is 0.0381. The lowest BCUT2D eigenvalue weighted by Crippen LogP contribution is -2.19. The molecular formula is C17H21NO2. The number of ether oxygens (including phenoxy) is 1. The molecule has 0 amide bonds. The number of hydrogen-bond acceptors (Lipinski definition) is 2. The summed E-state index contributed by atoms with van der Waals surface area (Å²) in [6, 6.07) is 11.8. The summed E-state index contributed by atoms with van der Waals surface area (Å²) in [5.41, 5.74) is 2.40. The number of rotatable bonds is 5. The zero-order valence-electron chi connectivity index (χ0n) is 12.3. The van der Waals surface area contributed by atoms with E-state index in [1.807, 2.05) is 13.0 Å². The third-order valence-corrected chi connectivity index (χ3v) is 3.28. The van der Waals surface area contributed by atoms with E-state index >= 15 is 0 Å². The number of nitrogens with zero attached hydrogens (tertiary/aromatic N) is 1. The third kappa shape index (κ3) is 3.50. The summed E-state index contributed by atoms with van der Waals surface area (Å²) in [5, 5.41) is 0. The molecule has 0 bridgehead atoms. The summed E-state index contributed by atoms with van der Waals surface area (Å²) in [6.45, 7) is 7.41. The highest BCUT2D eigenvalue weighted by atomic mass is 16.5. The predicted molar refractivity (Wildman–Crippen MR) is 81.5 cm³/mol. The maximum Gasteiger partial charge on any atom is 0.254 e. The van der Waals surface area contributed by atoms with Crippen molar-refractivity contribution >= 4 is 0 Å². The Morgan fingerprint density at radius 3 is 2.40 bits per heavy atom. The second kappa shape index (κ2) is 6.42. The molecule has 0 saturated heterocycles. The largest absolute Gasteiger partial charge is 0.494 e. The fraction of sp³-hybridized carbons (Fsp3) is 0.353. The molecule has 3 nitrogen and oxygen atoms in total. The lowest BCUT2D eigenvalue weighted by molar-refractivity contribution is 0.338. The molecule has 0 spiro atoms. The summed E-state index contributed by atoms with van der Waals surface area (Å²) in [6.07, 6.45) is 1.78. The molecule has 0 radical (unpaired) electrons. The molecule has 0 saturated carbocycles. The minimum Gasteiger partial charge on any atom is -0.494 e. The van der Waals surface area contributed by atoms with E-state index in [0.29, 0.717) is 24.8 Å². The number of benzene rings is 1. The van der Waals surface area contributed by atoms with Crippen molar-refractivity contribution in [1.82, 2.24) is 4.57 Å². The van der Waals surface area contributed by atoms with Crippen LogP contribution >= 0.6 is 0 Å². The quantitative estimate of drug-likeness (QED) is 0.834. The average molecular weight is 271 g/mol. The Balaban J connectivity index is 2.15. The van der Waals surface area contributed by atoms with Crippen LogP contribution in [0.5, 0.6) is 5.75 Å². The van der Waals surface area contributed by atoms with E-state index in [-0.39, 0.29) is 5.56 Å². The zero-order chi connectivity index (χ0) is 14.5. The van der Waals surface area contributed by atoms with Crippen molar-refractivity contribution in [3.63, 3.8) is 0 Å². The molecule has 2 aromatic rings. The summed E-state index contributed by atoms with van der Waals surface area (Å²) in [4.78, 5) is 12.0. The van der Waals surface area contributed by atoms with E-state index in [1.165, 1.54) is 11.6 Å². The van der Waals surface area contributed by atoms with Gasteiger partial charge in [0.15, 0.2) is 0 Å². The van der Waals surface area contributed by atoms with Crippen LogP contribution < -0.4 is 10.3 Å². The smallest absolute Gasteiger partial charge is 0.254 e. The van der Waals surface area contributed by atoms with E-state index in [4.69, 9.17) is 4.74 Å². The van der Waals surface area contributed by atoms with Crippen LogP contribution in [0.25, 0.3) is 0 Å². The van der Waals surface area contributed by atoms with Gasteiger partial charge in [0.05, 0.1) is 13.2 Å². The second-order valence-corrected chi connectivity index (χ2v) is 5.16. The van der Waals surface area contributed by atoms with Gasteiger partial charge >= 0.3 is 0 Å². The van der Waals surface area contributed by atoms with Crippen LogP contribution in [0, 0.1) is 0 Å². The number of pyridine rings is 1. The average Bonchev–Trinajstić information content (AvgIpc) is 2.43. The normalized spacial score (nSPS) is 10.8. The van der Waals surface area contributed by atoms with Crippen LogP contribution in [0.2, 0.25) is 0 Å². The summed E-state index contributed by atoms with van der Waals surface area (Å²) in [5.74, 6) is 1.15. The molecule has 20 heavy (non-hydrogen) atoms. The summed E-state index contributed by atoms with van der Waals surface area (Å²) >= 11 is 0. The first-order valence-corrected chi connectivity index (χ1v) is 7.02. The lowest BCUT2D eigenvalue weighted by Gasteiger charge is -2.09. The SMILES string of the molecule is CCOc1ccn(Cc2ccc(C(C)C)cc2)c(=O)c1. The minimum atomic E-state index is -0.0381. The third-order valence-electron chi connectivity index (χ3n) is 3.28. The first-order chi connectivity index (χ1) is 9.60. The molecule has 1 aromatic heterocycles. The molecule has 1 heterocycles. The van der Waals surface area contributed by atoms with Gasteiger partial charge in [-0.1, -0.05) is 38.1 Å². The molecule has 2 rings (SSSR count).